The van der Waals surface area contributed by atoms with Crippen molar-refractivity contribution < 1.29 is 9.53 Å². The fourth-order valence-corrected chi connectivity index (χ4v) is 3.08. The fraction of sp³-hybridized carbons (Fsp3) is 0.250. The molecule has 0 fully saturated rings. The number of benzene rings is 1. The van der Waals surface area contributed by atoms with Crippen molar-refractivity contribution in [1.82, 2.24) is 14.8 Å². The molecule has 7 nitrogen and oxygen atoms in total. The number of nitrogens with one attached hydrogen (secondary N) is 1. The van der Waals surface area contributed by atoms with E-state index in [4.69, 9.17) is 22.1 Å². The number of H-pyrrole nitrogens is 1. The van der Waals surface area contributed by atoms with Crippen LogP contribution in [0.3, 0.4) is 0 Å². The summed E-state index contributed by atoms with van der Waals surface area (Å²) >= 11 is 7.25. The second-order valence-electron chi connectivity index (χ2n) is 4.03. The lowest BCUT2D eigenvalue weighted by Gasteiger charge is -2.10. The summed E-state index contributed by atoms with van der Waals surface area (Å²) < 4.78 is 6.15. The number of rotatable bonds is 4. The SMILES string of the molecule is CCn1c(Sc2c(Cl)cc(N)cc2C(=O)OC)n[nH]c1=O. The topological polar surface area (TPSA) is 103 Å². The molecule has 0 saturated heterocycles. The van der Waals surface area contributed by atoms with Gasteiger partial charge in [0.15, 0.2) is 5.16 Å². The number of hydrogen-bond donors (Lipinski definition) is 2. The van der Waals surface area contributed by atoms with Crippen LogP contribution in [0.5, 0.6) is 0 Å². The van der Waals surface area contributed by atoms with Crippen LogP contribution in [0.15, 0.2) is 27.0 Å². The molecule has 0 radical (unpaired) electrons. The predicted molar refractivity (Wildman–Crippen MR) is 79.8 cm³/mol. The standard InChI is InChI=1S/C12H13ClN4O3S/c1-3-17-11(19)15-16-12(17)21-9-7(10(18)20-2)4-6(14)5-8(9)13/h4-5H,3,14H2,1-2H3,(H,15,19). The molecule has 9 heteroatoms. The van der Waals surface area contributed by atoms with Gasteiger partial charge in [-0.05, 0) is 30.8 Å². The van der Waals surface area contributed by atoms with Gasteiger partial charge in [-0.15, -0.1) is 5.10 Å². The molecule has 1 heterocycles. The Labute approximate surface area is 129 Å². The fourth-order valence-electron chi connectivity index (χ4n) is 1.73. The molecule has 0 aliphatic heterocycles. The normalized spacial score (nSPS) is 10.6. The average Bonchev–Trinajstić information content (AvgIpc) is 2.80. The van der Waals surface area contributed by atoms with Gasteiger partial charge in [0.1, 0.15) is 0 Å². The molecule has 0 aliphatic rings. The highest BCUT2D eigenvalue weighted by Crippen LogP contribution is 2.36. The molecule has 21 heavy (non-hydrogen) atoms. The Morgan fingerprint density at radius 1 is 1.57 bits per heavy atom. The molecular formula is C12H13ClN4O3S. The van der Waals surface area contributed by atoms with Crippen molar-refractivity contribution in [2.45, 2.75) is 23.5 Å². The van der Waals surface area contributed by atoms with Gasteiger partial charge in [0.2, 0.25) is 0 Å². The van der Waals surface area contributed by atoms with E-state index in [1.54, 1.807) is 0 Å². The number of halogens is 1. The summed E-state index contributed by atoms with van der Waals surface area (Å²) in [5.74, 6) is -0.562. The summed E-state index contributed by atoms with van der Waals surface area (Å²) in [6, 6.07) is 3.00. The molecule has 3 N–H and O–H groups in total. The van der Waals surface area contributed by atoms with Crippen LogP contribution >= 0.6 is 23.4 Å². The average molecular weight is 329 g/mol. The third kappa shape index (κ3) is 3.06. The summed E-state index contributed by atoms with van der Waals surface area (Å²) in [4.78, 5) is 23.8. The number of anilines is 1. The van der Waals surface area contributed by atoms with Crippen LogP contribution in [0.4, 0.5) is 5.69 Å². The van der Waals surface area contributed by atoms with Crippen LogP contribution < -0.4 is 11.4 Å². The first-order valence-electron chi connectivity index (χ1n) is 5.98. The third-order valence-corrected chi connectivity index (χ3v) is 4.25. The minimum atomic E-state index is -0.562. The highest BCUT2D eigenvalue weighted by Gasteiger charge is 2.20. The lowest BCUT2D eigenvalue weighted by atomic mass is 10.2. The number of carbonyl (C=O) groups is 1. The predicted octanol–water partition coefficient (Wildman–Crippen LogP) is 1.76. The van der Waals surface area contributed by atoms with E-state index in [0.29, 0.717) is 27.3 Å². The number of nitrogens with two attached hydrogens (primary N) is 1. The van der Waals surface area contributed by atoms with E-state index in [-0.39, 0.29) is 11.3 Å². The van der Waals surface area contributed by atoms with E-state index < -0.39 is 5.97 Å². The molecule has 0 spiro atoms. The van der Waals surface area contributed by atoms with Crippen molar-refractivity contribution in [3.05, 3.63) is 33.2 Å². The molecule has 1 aromatic heterocycles. The van der Waals surface area contributed by atoms with Crippen molar-refractivity contribution in [2.24, 2.45) is 0 Å². The van der Waals surface area contributed by atoms with Gasteiger partial charge in [0.05, 0.1) is 17.7 Å². The number of aromatic nitrogens is 3. The molecule has 0 amide bonds. The summed E-state index contributed by atoms with van der Waals surface area (Å²) in [7, 11) is 1.27. The Kier molecular flexibility index (Phi) is 4.59. The van der Waals surface area contributed by atoms with Crippen LogP contribution in [0.25, 0.3) is 0 Å². The first-order chi connectivity index (χ1) is 9.97. The first-order valence-corrected chi connectivity index (χ1v) is 7.17. The smallest absolute Gasteiger partial charge is 0.343 e. The number of ether oxygens (including phenoxy) is 1. The van der Waals surface area contributed by atoms with Gasteiger partial charge < -0.3 is 10.5 Å². The quantitative estimate of drug-likeness (QED) is 0.655. The molecule has 0 saturated carbocycles. The number of nitrogens with zero attached hydrogens (tertiary/aromatic N) is 2. The summed E-state index contributed by atoms with van der Waals surface area (Å²) in [5.41, 5.74) is 5.94. The Bertz CT molecular complexity index is 741. The van der Waals surface area contributed by atoms with Gasteiger partial charge in [0.25, 0.3) is 0 Å². The molecule has 112 valence electrons. The van der Waals surface area contributed by atoms with Crippen molar-refractivity contribution in [2.75, 3.05) is 12.8 Å². The monoisotopic (exact) mass is 328 g/mol. The van der Waals surface area contributed by atoms with E-state index in [9.17, 15) is 9.59 Å². The lowest BCUT2D eigenvalue weighted by molar-refractivity contribution is 0.0597. The molecule has 2 rings (SSSR count). The Hall–Kier alpha value is -1.93. The van der Waals surface area contributed by atoms with Gasteiger partial charge in [0, 0.05) is 17.1 Å². The summed E-state index contributed by atoms with van der Waals surface area (Å²) in [6.45, 7) is 2.25. The number of hydrogen-bond acceptors (Lipinski definition) is 6. The zero-order valence-electron chi connectivity index (χ0n) is 11.3. The number of carbonyl (C=O) groups excluding carboxylic acids is 1. The van der Waals surface area contributed by atoms with Crippen LogP contribution in [-0.4, -0.2) is 27.8 Å². The van der Waals surface area contributed by atoms with Gasteiger partial charge >= 0.3 is 11.7 Å². The summed E-state index contributed by atoms with van der Waals surface area (Å²) in [5, 5.41) is 6.97. The molecular weight excluding hydrogens is 316 g/mol. The van der Waals surface area contributed by atoms with E-state index in [0.717, 1.165) is 11.8 Å². The lowest BCUT2D eigenvalue weighted by Crippen LogP contribution is -2.16. The van der Waals surface area contributed by atoms with Crippen LogP contribution in [0, 0.1) is 0 Å². The maximum atomic E-state index is 11.8. The van der Waals surface area contributed by atoms with Gasteiger partial charge in [-0.1, -0.05) is 11.6 Å². The van der Waals surface area contributed by atoms with E-state index in [2.05, 4.69) is 10.2 Å². The molecule has 0 bridgehead atoms. The minimum absolute atomic E-state index is 0.227. The summed E-state index contributed by atoms with van der Waals surface area (Å²) in [6.07, 6.45) is 0. The number of esters is 1. The molecule has 0 unspecified atom stereocenters. The van der Waals surface area contributed by atoms with E-state index >= 15 is 0 Å². The second-order valence-corrected chi connectivity index (χ2v) is 5.41. The molecule has 0 atom stereocenters. The van der Waals surface area contributed by atoms with Crippen LogP contribution in [0.2, 0.25) is 5.02 Å². The molecule has 1 aromatic carbocycles. The Balaban J connectivity index is 2.53. The van der Waals surface area contributed by atoms with Gasteiger partial charge in [-0.25, -0.2) is 14.7 Å². The molecule has 0 aliphatic carbocycles. The maximum absolute atomic E-state index is 11.8. The van der Waals surface area contributed by atoms with E-state index in [1.165, 1.54) is 23.8 Å². The zero-order valence-corrected chi connectivity index (χ0v) is 12.9. The minimum Gasteiger partial charge on any atom is -0.465 e. The Morgan fingerprint density at radius 2 is 2.29 bits per heavy atom. The third-order valence-electron chi connectivity index (χ3n) is 2.70. The highest BCUT2D eigenvalue weighted by atomic mass is 35.5. The molecule has 2 aromatic rings. The van der Waals surface area contributed by atoms with Crippen molar-refractivity contribution in [3.8, 4) is 0 Å². The second kappa shape index (κ2) is 6.23. The Morgan fingerprint density at radius 3 is 2.90 bits per heavy atom. The van der Waals surface area contributed by atoms with Crippen molar-refractivity contribution in [1.29, 1.82) is 0 Å². The van der Waals surface area contributed by atoms with Crippen molar-refractivity contribution >= 4 is 35.0 Å². The van der Waals surface area contributed by atoms with Crippen LogP contribution in [-0.2, 0) is 11.3 Å². The largest absolute Gasteiger partial charge is 0.465 e. The van der Waals surface area contributed by atoms with Gasteiger partial charge in [-0.3, -0.25) is 4.57 Å². The maximum Gasteiger partial charge on any atom is 0.343 e. The zero-order chi connectivity index (χ0) is 15.6. The van der Waals surface area contributed by atoms with E-state index in [1.807, 2.05) is 6.92 Å². The van der Waals surface area contributed by atoms with Gasteiger partial charge in [-0.2, -0.15) is 0 Å². The number of aromatic amines is 1. The van der Waals surface area contributed by atoms with Crippen LogP contribution in [0.1, 0.15) is 17.3 Å². The number of methoxy groups -OCH3 is 1. The van der Waals surface area contributed by atoms with Crippen molar-refractivity contribution in [3.63, 3.8) is 0 Å². The number of nitrogen functional groups attached to an aromatic ring is 1. The highest BCUT2D eigenvalue weighted by molar-refractivity contribution is 7.99. The first kappa shape index (κ1) is 15.5.